The van der Waals surface area contributed by atoms with Crippen LogP contribution in [0.3, 0.4) is 0 Å². The molecule has 0 spiro atoms. The van der Waals surface area contributed by atoms with Crippen LogP contribution in [0.5, 0.6) is 0 Å². The van der Waals surface area contributed by atoms with E-state index in [0.29, 0.717) is 5.95 Å². The Labute approximate surface area is 149 Å². The average Bonchev–Trinajstić information content (AvgIpc) is 3.10. The van der Waals surface area contributed by atoms with E-state index in [4.69, 9.17) is 10.1 Å². The third-order valence-electron chi connectivity index (χ3n) is 5.93. The molecule has 3 aliphatic rings. The smallest absolute Gasteiger partial charge is 0.229 e. The van der Waals surface area contributed by atoms with Crippen molar-refractivity contribution in [3.63, 3.8) is 0 Å². The fourth-order valence-corrected chi connectivity index (χ4v) is 4.33. The van der Waals surface area contributed by atoms with Gasteiger partial charge in [-0.15, -0.1) is 0 Å². The van der Waals surface area contributed by atoms with E-state index in [2.05, 4.69) is 25.1 Å². The molecule has 130 valence electrons. The van der Waals surface area contributed by atoms with E-state index >= 15 is 0 Å². The highest BCUT2D eigenvalue weighted by Gasteiger charge is 2.59. The van der Waals surface area contributed by atoms with Gasteiger partial charge in [-0.3, -0.25) is 0 Å². The number of aromatic nitrogens is 7. The first-order chi connectivity index (χ1) is 12.6. The van der Waals surface area contributed by atoms with E-state index in [1.165, 1.54) is 19.3 Å². The first-order valence-electron chi connectivity index (χ1n) is 8.91. The fourth-order valence-electron chi connectivity index (χ4n) is 4.33. The molecule has 3 fully saturated rings. The number of fused-ring (bicyclic) bond motifs is 2. The van der Waals surface area contributed by atoms with Crippen LogP contribution in [-0.4, -0.2) is 34.3 Å². The quantitative estimate of drug-likeness (QED) is 0.614. The Morgan fingerprint density at radius 1 is 1.19 bits per heavy atom. The van der Waals surface area contributed by atoms with Crippen LogP contribution in [0.2, 0.25) is 0 Å². The van der Waals surface area contributed by atoms with Crippen LogP contribution in [0.25, 0.3) is 16.7 Å². The van der Waals surface area contributed by atoms with Crippen molar-refractivity contribution in [1.82, 2.24) is 34.3 Å². The number of aryl methyl sites for hydroxylation is 2. The van der Waals surface area contributed by atoms with E-state index in [1.807, 2.05) is 32.3 Å². The highest BCUT2D eigenvalue weighted by Crippen LogP contribution is 2.62. The summed E-state index contributed by atoms with van der Waals surface area (Å²) in [6.07, 6.45) is 9.04. The number of nitrogens with one attached hydrogen (secondary N) is 1. The van der Waals surface area contributed by atoms with Crippen molar-refractivity contribution in [2.75, 3.05) is 5.32 Å². The summed E-state index contributed by atoms with van der Waals surface area (Å²) >= 11 is 0. The maximum absolute atomic E-state index is 4.81. The van der Waals surface area contributed by atoms with Gasteiger partial charge in [-0.25, -0.2) is 19.2 Å². The van der Waals surface area contributed by atoms with Gasteiger partial charge in [0.2, 0.25) is 5.95 Å². The minimum atomic E-state index is 0.207. The van der Waals surface area contributed by atoms with Crippen molar-refractivity contribution in [2.24, 2.45) is 5.92 Å². The zero-order valence-corrected chi connectivity index (χ0v) is 14.6. The molecule has 3 saturated carbocycles. The second kappa shape index (κ2) is 4.57. The van der Waals surface area contributed by atoms with Crippen LogP contribution >= 0.6 is 0 Å². The third kappa shape index (κ3) is 1.76. The third-order valence-corrected chi connectivity index (χ3v) is 5.93. The lowest BCUT2D eigenvalue weighted by atomic mass is 9.50. The van der Waals surface area contributed by atoms with Crippen molar-refractivity contribution in [3.8, 4) is 0 Å². The molecular weight excluding hydrogens is 328 g/mol. The van der Waals surface area contributed by atoms with Crippen LogP contribution in [0, 0.1) is 19.8 Å². The molecule has 0 atom stereocenters. The van der Waals surface area contributed by atoms with Gasteiger partial charge in [0.1, 0.15) is 6.33 Å². The van der Waals surface area contributed by atoms with Crippen molar-refractivity contribution in [3.05, 3.63) is 36.0 Å². The summed E-state index contributed by atoms with van der Waals surface area (Å²) in [5.41, 5.74) is 4.93. The number of pyridine rings is 1. The van der Waals surface area contributed by atoms with Gasteiger partial charge in [-0.1, -0.05) is 0 Å². The van der Waals surface area contributed by atoms with E-state index in [0.717, 1.165) is 39.5 Å². The number of hydrogen-bond donors (Lipinski definition) is 1. The van der Waals surface area contributed by atoms with Crippen LogP contribution in [-0.2, 0) is 5.54 Å². The van der Waals surface area contributed by atoms with Gasteiger partial charge in [0, 0.05) is 6.20 Å². The normalized spacial score (nSPS) is 23.8. The van der Waals surface area contributed by atoms with Crippen LogP contribution in [0.1, 0.15) is 30.5 Å². The van der Waals surface area contributed by atoms with E-state index in [1.54, 1.807) is 10.8 Å². The van der Waals surface area contributed by atoms with Gasteiger partial charge in [0.25, 0.3) is 0 Å². The standard InChI is InChI=1S/C18H18N8/c1-10-3-15-20-9-21-25(15)8-14(10)22-17-19-7-13-11(2)24-26(16(13)23-17)18-4-12(5-18)6-18/h3,7-9,12H,4-6H2,1-2H3,(H,19,22,23). The largest absolute Gasteiger partial charge is 0.323 e. The molecule has 1 N–H and O–H groups in total. The lowest BCUT2D eigenvalue weighted by molar-refractivity contribution is -0.0949. The number of rotatable bonds is 3. The SMILES string of the molecule is Cc1cc2ncnn2cc1Nc1ncc2c(C)nn(C34CC(C3)C4)c2n1. The second-order valence-corrected chi connectivity index (χ2v) is 7.69. The van der Waals surface area contributed by atoms with Gasteiger partial charge in [-0.2, -0.15) is 15.2 Å². The Morgan fingerprint density at radius 2 is 2.04 bits per heavy atom. The lowest BCUT2D eigenvalue weighted by Crippen LogP contribution is -2.59. The molecule has 8 heteroatoms. The Hall–Kier alpha value is -3.03. The number of nitrogens with zero attached hydrogens (tertiary/aromatic N) is 7. The molecule has 0 radical (unpaired) electrons. The van der Waals surface area contributed by atoms with Crippen LogP contribution < -0.4 is 5.32 Å². The number of anilines is 2. The predicted octanol–water partition coefficient (Wildman–Crippen LogP) is 2.74. The Bertz CT molecular complexity index is 1170. The van der Waals surface area contributed by atoms with Crippen molar-refractivity contribution < 1.29 is 0 Å². The molecule has 7 rings (SSSR count). The topological polar surface area (TPSA) is 85.8 Å². The van der Waals surface area contributed by atoms with Crippen molar-refractivity contribution in [2.45, 2.75) is 38.6 Å². The van der Waals surface area contributed by atoms with Gasteiger partial charge in [0.15, 0.2) is 11.3 Å². The van der Waals surface area contributed by atoms with Crippen molar-refractivity contribution >= 4 is 28.3 Å². The summed E-state index contributed by atoms with van der Waals surface area (Å²) < 4.78 is 3.89. The fraction of sp³-hybridized carbons (Fsp3) is 0.389. The molecule has 4 heterocycles. The Morgan fingerprint density at radius 3 is 2.81 bits per heavy atom. The molecule has 0 saturated heterocycles. The molecule has 2 bridgehead atoms. The highest BCUT2D eigenvalue weighted by atomic mass is 15.4. The van der Waals surface area contributed by atoms with Crippen LogP contribution in [0.15, 0.2) is 24.8 Å². The average molecular weight is 346 g/mol. The molecule has 0 aromatic carbocycles. The summed E-state index contributed by atoms with van der Waals surface area (Å²) in [6, 6.07) is 1.99. The molecule has 3 aliphatic carbocycles. The summed E-state index contributed by atoms with van der Waals surface area (Å²) in [5.74, 6) is 1.47. The summed E-state index contributed by atoms with van der Waals surface area (Å²) in [6.45, 7) is 4.06. The molecule has 4 aromatic heterocycles. The summed E-state index contributed by atoms with van der Waals surface area (Å²) in [4.78, 5) is 13.5. The molecule has 0 amide bonds. The van der Waals surface area contributed by atoms with Gasteiger partial charge < -0.3 is 5.32 Å². The Balaban J connectivity index is 1.44. The second-order valence-electron chi connectivity index (χ2n) is 7.69. The molecule has 0 aliphatic heterocycles. The first-order valence-corrected chi connectivity index (χ1v) is 8.91. The predicted molar refractivity (Wildman–Crippen MR) is 96.4 cm³/mol. The van der Waals surface area contributed by atoms with Crippen LogP contribution in [0.4, 0.5) is 11.6 Å². The first kappa shape index (κ1) is 14.2. The zero-order valence-electron chi connectivity index (χ0n) is 14.6. The molecule has 0 unspecified atom stereocenters. The van der Waals surface area contributed by atoms with Gasteiger partial charge in [0.05, 0.1) is 28.5 Å². The van der Waals surface area contributed by atoms with E-state index in [9.17, 15) is 0 Å². The maximum Gasteiger partial charge on any atom is 0.229 e. The van der Waals surface area contributed by atoms with Gasteiger partial charge >= 0.3 is 0 Å². The lowest BCUT2D eigenvalue weighted by Gasteiger charge is -2.61. The molecule has 8 nitrogen and oxygen atoms in total. The summed E-state index contributed by atoms with van der Waals surface area (Å²) in [5, 5.41) is 13.3. The van der Waals surface area contributed by atoms with Gasteiger partial charge in [-0.05, 0) is 50.7 Å². The molecule has 26 heavy (non-hydrogen) atoms. The highest BCUT2D eigenvalue weighted by molar-refractivity contribution is 5.79. The van der Waals surface area contributed by atoms with Crippen molar-refractivity contribution in [1.29, 1.82) is 0 Å². The minimum absolute atomic E-state index is 0.207. The number of hydrogen-bond acceptors (Lipinski definition) is 6. The van der Waals surface area contributed by atoms with E-state index < -0.39 is 0 Å². The monoisotopic (exact) mass is 346 g/mol. The molecule has 4 aromatic rings. The zero-order chi connectivity index (χ0) is 17.5. The molecular formula is C18H18N8. The maximum atomic E-state index is 4.81. The van der Waals surface area contributed by atoms with E-state index in [-0.39, 0.29) is 5.54 Å². The minimum Gasteiger partial charge on any atom is -0.323 e. The Kier molecular flexibility index (Phi) is 2.49. The summed E-state index contributed by atoms with van der Waals surface area (Å²) in [7, 11) is 0.